The zero-order valence-electron chi connectivity index (χ0n) is 47.2. The molecule has 0 aromatic heterocycles. The molecule has 4 rings (SSSR count). The van der Waals surface area contributed by atoms with Crippen LogP contribution in [0.3, 0.4) is 0 Å². The SMILES string of the molecule is CCC(=O)NCCNC(=O)/N=C(/N)NCCC[C@@H](NC(=O)[C@H](C)c1cccc(OCCCCNC(=O)CN2CCN(C(=O)CN3CCN(CC(=O)O)CCN(CC(=O)O)CCN(CC(=O)O)CC3)CC2)c1)C(=O)NCc1ccc(O)cc1. The summed E-state index contributed by atoms with van der Waals surface area (Å²) in [7, 11) is 0. The van der Waals surface area contributed by atoms with Crippen LogP contribution in [0.25, 0.3) is 0 Å². The summed E-state index contributed by atoms with van der Waals surface area (Å²) >= 11 is 0. The van der Waals surface area contributed by atoms with Gasteiger partial charge in [0.1, 0.15) is 17.5 Å². The topological polar surface area (TPSA) is 374 Å². The predicted octanol–water partition coefficient (Wildman–Crippen LogP) is -1.89. The molecule has 0 bridgehead atoms. The van der Waals surface area contributed by atoms with Crippen LogP contribution in [0.5, 0.6) is 11.5 Å². The number of aliphatic carboxylic acids is 3. The Morgan fingerprint density at radius 3 is 1.70 bits per heavy atom. The Hall–Kier alpha value is -7.66. The molecule has 2 aromatic rings. The normalized spacial score (nSPS) is 16.3. The van der Waals surface area contributed by atoms with Gasteiger partial charge in [-0.05, 0) is 68.0 Å². The number of nitrogens with two attached hydrogens (primary N) is 1. The van der Waals surface area contributed by atoms with Crippen LogP contribution < -0.4 is 42.4 Å². The van der Waals surface area contributed by atoms with Crippen molar-refractivity contribution < 1.29 is 68.3 Å². The highest BCUT2D eigenvalue weighted by Gasteiger charge is 2.27. The Bertz CT molecular complexity index is 2390. The number of hydrogen-bond donors (Lipinski definition) is 11. The molecule has 2 aliphatic rings. The molecule has 2 heterocycles. The highest BCUT2D eigenvalue weighted by molar-refractivity contribution is 5.92. The monoisotopic (exact) mass is 1150 g/mol. The third-order valence-electron chi connectivity index (χ3n) is 13.6. The molecule has 0 radical (unpaired) electrons. The minimum Gasteiger partial charge on any atom is -0.508 e. The second-order valence-corrected chi connectivity index (χ2v) is 20.1. The average molecular weight is 1150 g/mol. The molecular weight excluding hydrogens is 1070 g/mol. The molecule has 82 heavy (non-hydrogen) atoms. The minimum absolute atomic E-state index is 0.0397. The van der Waals surface area contributed by atoms with Crippen molar-refractivity contribution in [3.8, 4) is 11.5 Å². The van der Waals surface area contributed by atoms with Gasteiger partial charge in [0.05, 0.1) is 45.2 Å². The van der Waals surface area contributed by atoms with Crippen LogP contribution in [0.1, 0.15) is 63.0 Å². The zero-order chi connectivity index (χ0) is 59.8. The van der Waals surface area contributed by atoms with Gasteiger partial charge < -0.3 is 67.7 Å². The maximum atomic E-state index is 13.7. The quantitative estimate of drug-likeness (QED) is 0.0231. The fourth-order valence-corrected chi connectivity index (χ4v) is 8.86. The molecule has 7 amide bonds. The van der Waals surface area contributed by atoms with Crippen molar-refractivity contribution in [3.63, 3.8) is 0 Å². The molecule has 0 saturated carbocycles. The van der Waals surface area contributed by atoms with Gasteiger partial charge >= 0.3 is 23.9 Å². The number of aliphatic imine (C=N–C) groups is 1. The molecule has 2 saturated heterocycles. The van der Waals surface area contributed by atoms with Crippen LogP contribution in [0.2, 0.25) is 0 Å². The number of urea groups is 1. The van der Waals surface area contributed by atoms with Gasteiger partial charge in [0.25, 0.3) is 0 Å². The number of phenols is 1. The summed E-state index contributed by atoms with van der Waals surface area (Å²) in [6.45, 7) is 8.54. The van der Waals surface area contributed by atoms with E-state index in [0.717, 1.165) is 5.56 Å². The van der Waals surface area contributed by atoms with Crippen LogP contribution in [-0.2, 0) is 44.9 Å². The van der Waals surface area contributed by atoms with E-state index < -0.39 is 47.7 Å². The lowest BCUT2D eigenvalue weighted by molar-refractivity contribution is -0.141. The number of hydrogen-bond acceptors (Lipinski definition) is 16. The van der Waals surface area contributed by atoms with Gasteiger partial charge in [-0.2, -0.15) is 4.99 Å². The number of guanidine groups is 1. The minimum atomic E-state index is -1.04. The van der Waals surface area contributed by atoms with Crippen molar-refractivity contribution in [1.29, 1.82) is 0 Å². The van der Waals surface area contributed by atoms with E-state index in [1.54, 1.807) is 69.8 Å². The third kappa shape index (κ3) is 27.2. The summed E-state index contributed by atoms with van der Waals surface area (Å²) in [4.78, 5) is 126. The van der Waals surface area contributed by atoms with E-state index in [-0.39, 0.29) is 121 Å². The van der Waals surface area contributed by atoms with Gasteiger partial charge in [-0.1, -0.05) is 31.2 Å². The Morgan fingerprint density at radius 1 is 0.598 bits per heavy atom. The number of ether oxygens (including phenoxy) is 1. The molecule has 2 atom stereocenters. The van der Waals surface area contributed by atoms with Crippen molar-refractivity contribution in [3.05, 3.63) is 59.7 Å². The summed E-state index contributed by atoms with van der Waals surface area (Å²) in [5, 5.41) is 54.8. The van der Waals surface area contributed by atoms with E-state index in [1.807, 2.05) is 9.80 Å². The maximum absolute atomic E-state index is 13.7. The number of nitrogens with zero attached hydrogens (tertiary/aromatic N) is 7. The standard InChI is InChI=1S/C54H84N14O14/c1-3-45(70)57-17-18-59-54(81)62-53(55)58-16-7-10-44(52(80)60-33-40-11-13-42(69)14-12-40)61-51(79)39(2)41-8-6-9-43(32-41)82-31-5-4-15-56-46(71)34-63-27-29-68(30-28-63)47(72)35-64-19-21-65(36-48(73)74)23-25-67(38-50(77)78)26-24-66(22-20-64)37-49(75)76/h6,8-9,11-14,32,39,44,69H,3-5,7,10,15-31,33-38H2,1-2H3,(H,56,71)(H,57,70)(H,60,80)(H,61,79)(H,73,74)(H,75,76)(H,77,78)(H4,55,58,59,62,81)/t39-,44-/m1/s1. The van der Waals surface area contributed by atoms with Crippen LogP contribution in [-0.4, -0.2) is 259 Å². The molecule has 0 unspecified atom stereocenters. The number of carbonyl (C=O) groups excluding carboxylic acids is 6. The molecule has 0 spiro atoms. The van der Waals surface area contributed by atoms with E-state index in [4.69, 9.17) is 10.5 Å². The lowest BCUT2D eigenvalue weighted by Crippen LogP contribution is -2.54. The van der Waals surface area contributed by atoms with Gasteiger partial charge in [-0.15, -0.1) is 0 Å². The molecule has 12 N–H and O–H groups in total. The fourth-order valence-electron chi connectivity index (χ4n) is 8.86. The van der Waals surface area contributed by atoms with Crippen LogP contribution in [0.4, 0.5) is 4.79 Å². The van der Waals surface area contributed by atoms with E-state index in [1.165, 1.54) is 12.1 Å². The average Bonchev–Trinajstić information content (AvgIpc) is 3.56. The van der Waals surface area contributed by atoms with Crippen molar-refractivity contribution >= 4 is 59.4 Å². The van der Waals surface area contributed by atoms with E-state index in [9.17, 15) is 63.6 Å². The van der Waals surface area contributed by atoms with Crippen molar-refractivity contribution in [2.75, 3.05) is 144 Å². The van der Waals surface area contributed by atoms with Crippen LogP contribution in [0.15, 0.2) is 53.5 Å². The number of unbranched alkanes of at least 4 members (excludes halogenated alkanes) is 1. The zero-order valence-corrected chi connectivity index (χ0v) is 47.2. The first kappa shape index (κ1) is 66.8. The Labute approximate surface area is 478 Å². The second-order valence-electron chi connectivity index (χ2n) is 20.1. The number of carbonyl (C=O) groups is 9. The maximum Gasteiger partial charge on any atom is 0.344 e. The molecule has 2 aliphatic heterocycles. The van der Waals surface area contributed by atoms with Crippen molar-refractivity contribution in [2.24, 2.45) is 10.7 Å². The number of carboxylic acids is 3. The van der Waals surface area contributed by atoms with Gasteiger partial charge in [-0.3, -0.25) is 62.9 Å². The molecular formula is C54H84N14O14. The van der Waals surface area contributed by atoms with Crippen molar-refractivity contribution in [2.45, 2.75) is 64.5 Å². The summed E-state index contributed by atoms with van der Waals surface area (Å²) in [5.41, 5.74) is 7.28. The number of carboxylic acid groups (broad SMARTS) is 3. The van der Waals surface area contributed by atoms with Gasteiger partial charge in [0.2, 0.25) is 29.5 Å². The fraction of sp³-hybridized carbons (Fsp3) is 0.593. The van der Waals surface area contributed by atoms with Crippen LogP contribution >= 0.6 is 0 Å². The third-order valence-corrected chi connectivity index (χ3v) is 13.6. The van der Waals surface area contributed by atoms with Gasteiger partial charge in [0, 0.05) is 118 Å². The summed E-state index contributed by atoms with van der Waals surface area (Å²) in [6, 6.07) is 11.8. The second kappa shape index (κ2) is 36.6. The summed E-state index contributed by atoms with van der Waals surface area (Å²) in [5.74, 6) is -4.55. The summed E-state index contributed by atoms with van der Waals surface area (Å²) in [6.07, 6.45) is 2.14. The summed E-state index contributed by atoms with van der Waals surface area (Å²) < 4.78 is 6.01. The highest BCUT2D eigenvalue weighted by Crippen LogP contribution is 2.22. The number of rotatable bonds is 30. The molecule has 454 valence electrons. The smallest absolute Gasteiger partial charge is 0.344 e. The molecule has 28 heteroatoms. The highest BCUT2D eigenvalue weighted by atomic mass is 16.5. The molecule has 28 nitrogen and oxygen atoms in total. The Kier molecular flexibility index (Phi) is 29.9. The number of amides is 7. The Balaban J connectivity index is 1.18. The number of nitrogens with one attached hydrogen (secondary N) is 6. The predicted molar refractivity (Wildman–Crippen MR) is 302 cm³/mol. The molecule has 2 aromatic carbocycles. The lowest BCUT2D eigenvalue weighted by atomic mass is 9.99. The number of piperazine rings is 1. The molecule has 0 aliphatic carbocycles. The Morgan fingerprint density at radius 2 is 1.12 bits per heavy atom. The molecule has 2 fully saturated rings. The van der Waals surface area contributed by atoms with E-state index in [2.05, 4.69) is 36.9 Å². The number of phenolic OH excluding ortho intramolecular Hbond substituents is 1. The van der Waals surface area contributed by atoms with E-state index >= 15 is 0 Å². The van der Waals surface area contributed by atoms with Gasteiger partial charge in [-0.25, -0.2) is 4.79 Å². The van der Waals surface area contributed by atoms with Crippen molar-refractivity contribution in [1.82, 2.24) is 61.3 Å². The number of benzene rings is 2. The van der Waals surface area contributed by atoms with E-state index in [0.29, 0.717) is 103 Å². The first-order chi connectivity index (χ1) is 39.3. The lowest BCUT2D eigenvalue weighted by Gasteiger charge is -2.36. The first-order valence-electron chi connectivity index (χ1n) is 27.8. The van der Waals surface area contributed by atoms with Gasteiger partial charge in [0.15, 0.2) is 5.96 Å². The first-order valence-corrected chi connectivity index (χ1v) is 27.8. The largest absolute Gasteiger partial charge is 0.508 e. The number of aromatic hydroxyl groups is 1. The van der Waals surface area contributed by atoms with Crippen LogP contribution in [0, 0.1) is 0 Å².